The van der Waals surface area contributed by atoms with E-state index in [1.54, 1.807) is 13.1 Å². The zero-order chi connectivity index (χ0) is 36.9. The van der Waals surface area contributed by atoms with E-state index in [-0.39, 0.29) is 34.3 Å². The van der Waals surface area contributed by atoms with Gasteiger partial charge in [0.2, 0.25) is 5.88 Å². The van der Waals surface area contributed by atoms with Crippen LogP contribution in [0.15, 0.2) is 59.1 Å². The van der Waals surface area contributed by atoms with Gasteiger partial charge in [-0.25, -0.2) is 4.21 Å². The molecule has 1 N–H and O–H groups in total. The Balaban J connectivity index is 1.22. The maximum atomic E-state index is 14.9. The molecule has 1 unspecified atom stereocenters. The van der Waals surface area contributed by atoms with E-state index in [0.717, 1.165) is 50.9 Å². The van der Waals surface area contributed by atoms with Crippen molar-refractivity contribution >= 4 is 27.4 Å². The Morgan fingerprint density at radius 1 is 1.11 bits per heavy atom. The van der Waals surface area contributed by atoms with E-state index < -0.39 is 33.8 Å². The van der Waals surface area contributed by atoms with Crippen LogP contribution in [0.1, 0.15) is 70.0 Å². The highest BCUT2D eigenvalue weighted by Crippen LogP contribution is 2.46. The summed E-state index contributed by atoms with van der Waals surface area (Å²) in [6.07, 6.45) is 10.3. The number of anilines is 1. The zero-order valence-corrected chi connectivity index (χ0v) is 31.7. The first-order valence-corrected chi connectivity index (χ1v) is 20.4. The summed E-state index contributed by atoms with van der Waals surface area (Å²) in [5.74, 6) is -0.384. The van der Waals surface area contributed by atoms with Crippen molar-refractivity contribution in [3.05, 3.63) is 82.6 Å². The quantitative estimate of drug-likeness (QED) is 0.361. The summed E-state index contributed by atoms with van der Waals surface area (Å²) in [5.41, 5.74) is 4.97. The molecule has 282 valence electrons. The van der Waals surface area contributed by atoms with Crippen LogP contribution in [0.2, 0.25) is 0 Å². The lowest BCUT2D eigenvalue weighted by Crippen LogP contribution is -2.48. The number of amides is 2. The molecule has 1 saturated carbocycles. The molecule has 3 aliphatic heterocycles. The number of benzene rings is 2. The molecule has 5 aliphatic rings. The molecule has 1 saturated heterocycles. The lowest BCUT2D eigenvalue weighted by molar-refractivity contribution is -0.136. The first-order chi connectivity index (χ1) is 25.5. The molecule has 2 aliphatic carbocycles. The Bertz CT molecular complexity index is 2070. The zero-order valence-electron chi connectivity index (χ0n) is 30.9. The summed E-state index contributed by atoms with van der Waals surface area (Å²) in [4.78, 5) is 30.3. The summed E-state index contributed by atoms with van der Waals surface area (Å²) >= 11 is 0. The van der Waals surface area contributed by atoms with E-state index >= 15 is 0 Å². The van der Waals surface area contributed by atoms with Crippen molar-refractivity contribution < 1.29 is 32.7 Å². The second-order valence-electron chi connectivity index (χ2n) is 15.5. The van der Waals surface area contributed by atoms with E-state index in [0.29, 0.717) is 37.4 Å². The number of hydrogen-bond acceptors (Lipinski definition) is 9. The third-order valence-electron chi connectivity index (χ3n) is 11.7. The second kappa shape index (κ2) is 14.2. The molecule has 0 radical (unpaired) electrons. The largest absolute Gasteiger partial charge is 0.490 e. The number of nitrogens with zero attached hydrogens (tertiary/aromatic N) is 4. The van der Waals surface area contributed by atoms with E-state index in [2.05, 4.69) is 56.4 Å². The van der Waals surface area contributed by atoms with Crippen LogP contribution in [-0.4, -0.2) is 83.8 Å². The van der Waals surface area contributed by atoms with Crippen molar-refractivity contribution in [3.8, 4) is 11.6 Å². The fraction of sp³-hybridized carbons (Fsp3) is 0.525. The predicted molar refractivity (Wildman–Crippen MR) is 201 cm³/mol. The van der Waals surface area contributed by atoms with Gasteiger partial charge in [-0.2, -0.15) is 0 Å². The summed E-state index contributed by atoms with van der Waals surface area (Å²) in [6.45, 7) is 6.95. The lowest BCUT2D eigenvalue weighted by Gasteiger charge is -2.44. The molecule has 13 heteroatoms. The van der Waals surface area contributed by atoms with Crippen LogP contribution < -0.4 is 19.1 Å². The number of carbonyl (C=O) groups excluding carboxylic acids is 2. The van der Waals surface area contributed by atoms with Crippen LogP contribution in [0.4, 0.5) is 5.69 Å². The van der Waals surface area contributed by atoms with Crippen LogP contribution in [-0.2, 0) is 38.3 Å². The van der Waals surface area contributed by atoms with Gasteiger partial charge in [0, 0.05) is 37.3 Å². The van der Waals surface area contributed by atoms with Crippen LogP contribution in [0.25, 0.3) is 0 Å². The molecular formula is C40H49N5O7S. The molecule has 2 amide bonds. The summed E-state index contributed by atoms with van der Waals surface area (Å²) in [6, 6.07) is 12.2. The number of ether oxygens (including phenoxy) is 4. The predicted octanol–water partition coefficient (Wildman–Crippen LogP) is 5.18. The Kier molecular flexibility index (Phi) is 9.61. The third kappa shape index (κ3) is 6.99. The summed E-state index contributed by atoms with van der Waals surface area (Å²) < 4.78 is 47.7. The van der Waals surface area contributed by atoms with Gasteiger partial charge in [-0.3, -0.25) is 19.0 Å². The number of fused-ring (bicyclic) bond motifs is 5. The fourth-order valence-corrected chi connectivity index (χ4v) is 10.8. The number of rotatable bonds is 3. The Morgan fingerprint density at radius 3 is 2.77 bits per heavy atom. The molecule has 1 aromatic heterocycles. The molecular weight excluding hydrogens is 695 g/mol. The van der Waals surface area contributed by atoms with Crippen molar-refractivity contribution in [3.63, 3.8) is 0 Å². The molecule has 12 nitrogen and oxygen atoms in total. The number of hydrogen-bond donors (Lipinski definition) is 1. The summed E-state index contributed by atoms with van der Waals surface area (Å²) in [7, 11) is -0.649. The van der Waals surface area contributed by atoms with Crippen LogP contribution in [0, 0.1) is 24.7 Å². The smallest absolute Gasteiger partial charge is 0.286 e. The second-order valence-corrected chi connectivity index (χ2v) is 17.5. The van der Waals surface area contributed by atoms with Crippen LogP contribution >= 0.6 is 0 Å². The highest BCUT2D eigenvalue weighted by atomic mass is 32.2. The minimum atomic E-state index is -3.71. The van der Waals surface area contributed by atoms with Gasteiger partial charge in [0.15, 0.2) is 0 Å². The van der Waals surface area contributed by atoms with Gasteiger partial charge in [-0.15, -0.1) is 9.46 Å². The third-order valence-corrected chi connectivity index (χ3v) is 13.7. The minimum Gasteiger partial charge on any atom is -0.490 e. The number of carbonyl (C=O) groups is 2. The van der Waals surface area contributed by atoms with Crippen molar-refractivity contribution in [2.75, 3.05) is 50.7 Å². The first kappa shape index (κ1) is 35.8. The molecule has 2 aromatic carbocycles. The van der Waals surface area contributed by atoms with Crippen molar-refractivity contribution in [2.45, 2.75) is 63.6 Å². The molecule has 7 atom stereocenters. The van der Waals surface area contributed by atoms with E-state index in [4.69, 9.17) is 18.9 Å². The molecule has 3 aromatic rings. The Labute approximate surface area is 311 Å². The number of aromatic nitrogens is 2. The van der Waals surface area contributed by atoms with Gasteiger partial charge in [-0.05, 0) is 86.1 Å². The number of methoxy groups -OCH3 is 1. The standard InChI is InChI=1S/C40H49N5O7S/c1-25-7-12-32-28(18-25)6-5-15-40(32)23-45-20-30-9-8-27(30)10-14-35-36(51-17-16-50-35)26(2)22-53(48,43-38(47)31-21-44(3)41-39(31)49-4)42-37(46)29-11-13-34(52-24-40)33(45)19-29/h7,10-14,18-19,21,26-27,30,35-36H,5-6,8-9,15-17,20,22-24H2,1-4H3,(H,42,43,46,47,48)/b14-10+/t26-,27+,30+,35+,36-,40+,53?/m1/s1. The number of allylic oxidation sites excluding steroid dienone is 1. The Hall–Kier alpha value is -4.20. The van der Waals surface area contributed by atoms with Crippen molar-refractivity contribution in [1.82, 2.24) is 14.5 Å². The molecule has 4 heterocycles. The van der Waals surface area contributed by atoms with Gasteiger partial charge in [0.25, 0.3) is 11.8 Å². The lowest BCUT2D eigenvalue weighted by atomic mass is 9.69. The molecule has 2 fully saturated rings. The molecule has 1 spiro atoms. The van der Waals surface area contributed by atoms with E-state index in [9.17, 15) is 13.8 Å². The molecule has 2 bridgehead atoms. The monoisotopic (exact) mass is 743 g/mol. The maximum Gasteiger partial charge on any atom is 0.286 e. The van der Waals surface area contributed by atoms with Gasteiger partial charge in [0.05, 0.1) is 44.5 Å². The van der Waals surface area contributed by atoms with Crippen molar-refractivity contribution in [1.29, 1.82) is 0 Å². The molecule has 53 heavy (non-hydrogen) atoms. The summed E-state index contributed by atoms with van der Waals surface area (Å²) in [5, 5.41) is 4.17. The number of nitrogens with one attached hydrogen (secondary N) is 1. The Morgan fingerprint density at radius 2 is 1.96 bits per heavy atom. The normalized spacial score (nSPS) is 31.7. The van der Waals surface area contributed by atoms with Gasteiger partial charge >= 0.3 is 0 Å². The average molecular weight is 744 g/mol. The SMILES string of the molecule is COc1nn(C)cc1C(=O)NS1(=O)=NC(=O)c2ccc3c(c2)N(C[C@@H]2CC[C@H]2/C=C/[C@@H]2OCCO[C@@H]2[C@H](C)C1)C[C@@]1(CCCc2cc(C)ccc21)CO3. The maximum absolute atomic E-state index is 14.9. The van der Waals surface area contributed by atoms with Gasteiger partial charge in [0.1, 0.15) is 27.3 Å². The minimum absolute atomic E-state index is 0.0726. The van der Waals surface area contributed by atoms with Crippen LogP contribution in [0.3, 0.4) is 0 Å². The molecule has 8 rings (SSSR count). The van der Waals surface area contributed by atoms with E-state index in [1.165, 1.54) is 34.7 Å². The first-order valence-electron chi connectivity index (χ1n) is 18.8. The highest BCUT2D eigenvalue weighted by Gasteiger charge is 2.43. The highest BCUT2D eigenvalue weighted by molar-refractivity contribution is 7.92. The van der Waals surface area contributed by atoms with Gasteiger partial charge in [-0.1, -0.05) is 42.8 Å². The van der Waals surface area contributed by atoms with E-state index in [1.807, 2.05) is 19.1 Å². The van der Waals surface area contributed by atoms with Gasteiger partial charge < -0.3 is 23.8 Å². The number of aryl methyl sites for hydroxylation is 3. The topological polar surface area (TPSA) is 134 Å². The van der Waals surface area contributed by atoms with Crippen molar-refractivity contribution in [2.24, 2.45) is 29.2 Å². The van der Waals surface area contributed by atoms with Crippen LogP contribution in [0.5, 0.6) is 11.6 Å². The fourth-order valence-electron chi connectivity index (χ4n) is 8.94. The average Bonchev–Trinajstić information content (AvgIpc) is 3.45.